The molecule has 1 aromatic heterocycles. The van der Waals surface area contributed by atoms with E-state index in [0.29, 0.717) is 50.1 Å². The maximum atomic E-state index is 12.4. The van der Waals surface area contributed by atoms with E-state index in [2.05, 4.69) is 34.2 Å². The molecule has 8 heteroatoms. The number of aromatic nitrogens is 2. The quantitative estimate of drug-likeness (QED) is 0.722. The van der Waals surface area contributed by atoms with E-state index in [1.165, 1.54) is 0 Å². The number of hydrogen-bond donors (Lipinski definition) is 2. The molecule has 1 aliphatic heterocycles. The average molecular weight is 367 g/mol. The fraction of sp³-hybridized carbons (Fsp3) is 0.833. The van der Waals surface area contributed by atoms with Crippen molar-refractivity contribution in [1.29, 1.82) is 0 Å². The molecule has 1 aliphatic rings. The predicted octanol–water partition coefficient (Wildman–Crippen LogP) is 1.47. The van der Waals surface area contributed by atoms with Crippen molar-refractivity contribution >= 4 is 6.03 Å². The molecule has 0 bridgehead atoms. The Morgan fingerprint density at radius 3 is 2.73 bits per heavy atom. The number of piperazine rings is 1. The number of urea groups is 1. The van der Waals surface area contributed by atoms with Gasteiger partial charge in [0.25, 0.3) is 0 Å². The van der Waals surface area contributed by atoms with Crippen molar-refractivity contribution < 1.29 is 14.4 Å². The predicted molar refractivity (Wildman–Crippen MR) is 99.0 cm³/mol. The summed E-state index contributed by atoms with van der Waals surface area (Å²) in [6.07, 6.45) is 1.24. The molecule has 2 rings (SSSR count). The average Bonchev–Trinajstić information content (AvgIpc) is 3.05. The Balaban J connectivity index is 1.79. The Morgan fingerprint density at radius 1 is 1.35 bits per heavy atom. The van der Waals surface area contributed by atoms with Gasteiger partial charge in [0.1, 0.15) is 0 Å². The van der Waals surface area contributed by atoms with Crippen molar-refractivity contribution in [1.82, 2.24) is 25.3 Å². The van der Waals surface area contributed by atoms with Crippen molar-refractivity contribution in [3.63, 3.8) is 0 Å². The lowest BCUT2D eigenvalue weighted by Gasteiger charge is -2.42. The van der Waals surface area contributed by atoms with Crippen molar-refractivity contribution in [3.8, 4) is 0 Å². The monoisotopic (exact) mass is 367 g/mol. The van der Waals surface area contributed by atoms with Crippen LogP contribution in [0.25, 0.3) is 0 Å². The van der Waals surface area contributed by atoms with E-state index in [1.54, 1.807) is 0 Å². The highest BCUT2D eigenvalue weighted by Crippen LogP contribution is 2.15. The molecule has 26 heavy (non-hydrogen) atoms. The molecule has 1 aromatic rings. The number of aliphatic hydroxyl groups is 1. The molecule has 1 fully saturated rings. The Kier molecular flexibility index (Phi) is 7.84. The van der Waals surface area contributed by atoms with Gasteiger partial charge in [-0.2, -0.15) is 4.98 Å². The smallest absolute Gasteiger partial charge is 0.317 e. The summed E-state index contributed by atoms with van der Waals surface area (Å²) >= 11 is 0. The summed E-state index contributed by atoms with van der Waals surface area (Å²) in [6.45, 7) is 12.2. The van der Waals surface area contributed by atoms with Crippen LogP contribution in [0.15, 0.2) is 4.52 Å². The van der Waals surface area contributed by atoms with Gasteiger partial charge in [-0.1, -0.05) is 32.9 Å². The molecule has 2 N–H and O–H groups in total. The van der Waals surface area contributed by atoms with Crippen LogP contribution in [0.4, 0.5) is 4.79 Å². The van der Waals surface area contributed by atoms with Crippen LogP contribution in [0.3, 0.4) is 0 Å². The van der Waals surface area contributed by atoms with Gasteiger partial charge in [-0.25, -0.2) is 4.79 Å². The molecule has 0 aromatic carbocycles. The first-order valence-electron chi connectivity index (χ1n) is 9.60. The number of nitrogens with one attached hydrogen (secondary N) is 1. The zero-order chi connectivity index (χ0) is 19.1. The van der Waals surface area contributed by atoms with Crippen LogP contribution in [-0.2, 0) is 6.42 Å². The first-order chi connectivity index (χ1) is 12.4. The van der Waals surface area contributed by atoms with Crippen LogP contribution in [-0.4, -0.2) is 76.5 Å². The number of hydrogen-bond acceptors (Lipinski definition) is 6. The summed E-state index contributed by atoms with van der Waals surface area (Å²) in [5, 5.41) is 16.2. The second-order valence-corrected chi connectivity index (χ2v) is 7.69. The van der Waals surface area contributed by atoms with E-state index in [-0.39, 0.29) is 24.6 Å². The molecule has 0 spiro atoms. The highest BCUT2D eigenvalue weighted by atomic mass is 16.5. The van der Waals surface area contributed by atoms with Crippen LogP contribution >= 0.6 is 0 Å². The molecule has 0 saturated carbocycles. The SMILES string of the molecule is CC(C)CN1CCN(C(=O)NCCc2noc(C(C)C)n2)C[C@@H]1CCO. The first-order valence-corrected chi connectivity index (χ1v) is 9.60. The van der Waals surface area contributed by atoms with E-state index in [1.807, 2.05) is 18.7 Å². The molecule has 2 amide bonds. The second-order valence-electron chi connectivity index (χ2n) is 7.69. The number of nitrogens with zero attached hydrogens (tertiary/aromatic N) is 4. The third-order valence-electron chi connectivity index (χ3n) is 4.56. The Bertz CT molecular complexity index is 561. The van der Waals surface area contributed by atoms with Gasteiger partial charge in [-0.05, 0) is 12.3 Å². The van der Waals surface area contributed by atoms with Crippen molar-refractivity contribution in [2.24, 2.45) is 5.92 Å². The second kappa shape index (κ2) is 9.87. The number of rotatable bonds is 8. The standard InChI is InChI=1S/C18H33N5O3/c1-13(2)11-22-8-9-23(12-15(22)6-10-24)18(25)19-7-5-16-20-17(14(3)4)26-21-16/h13-15,24H,5-12H2,1-4H3,(H,19,25)/t15-/m0/s1. The summed E-state index contributed by atoms with van der Waals surface area (Å²) in [5.74, 6) is 2.02. The van der Waals surface area contributed by atoms with Crippen LogP contribution in [0.2, 0.25) is 0 Å². The summed E-state index contributed by atoms with van der Waals surface area (Å²) in [6, 6.07) is 0.150. The molecule has 2 heterocycles. The molecule has 0 radical (unpaired) electrons. The minimum atomic E-state index is -0.0651. The van der Waals surface area contributed by atoms with Crippen LogP contribution < -0.4 is 5.32 Å². The lowest BCUT2D eigenvalue weighted by molar-refractivity contribution is 0.0656. The van der Waals surface area contributed by atoms with Crippen molar-refractivity contribution in [2.45, 2.75) is 52.5 Å². The van der Waals surface area contributed by atoms with Crippen molar-refractivity contribution in [3.05, 3.63) is 11.7 Å². The maximum Gasteiger partial charge on any atom is 0.317 e. The van der Waals surface area contributed by atoms with Crippen molar-refractivity contribution in [2.75, 3.05) is 39.3 Å². The summed E-state index contributed by atoms with van der Waals surface area (Å²) < 4.78 is 5.17. The van der Waals surface area contributed by atoms with E-state index >= 15 is 0 Å². The maximum absolute atomic E-state index is 12.4. The Labute approximate surface area is 155 Å². The van der Waals surface area contributed by atoms with Gasteiger partial charge < -0.3 is 19.8 Å². The topological polar surface area (TPSA) is 94.7 Å². The fourth-order valence-corrected chi connectivity index (χ4v) is 3.21. The molecule has 8 nitrogen and oxygen atoms in total. The zero-order valence-corrected chi connectivity index (χ0v) is 16.4. The molecule has 148 valence electrons. The number of carbonyl (C=O) groups excluding carboxylic acids is 1. The van der Waals surface area contributed by atoms with E-state index in [9.17, 15) is 9.90 Å². The highest BCUT2D eigenvalue weighted by Gasteiger charge is 2.29. The third kappa shape index (κ3) is 5.95. The fourth-order valence-electron chi connectivity index (χ4n) is 3.21. The summed E-state index contributed by atoms with van der Waals surface area (Å²) in [5.41, 5.74) is 0. The summed E-state index contributed by atoms with van der Waals surface area (Å²) in [7, 11) is 0. The van der Waals surface area contributed by atoms with Crippen LogP contribution in [0.5, 0.6) is 0 Å². The summed E-state index contributed by atoms with van der Waals surface area (Å²) in [4.78, 5) is 21.0. The van der Waals surface area contributed by atoms with Gasteiger partial charge in [-0.15, -0.1) is 0 Å². The lowest BCUT2D eigenvalue weighted by Crippen LogP contribution is -2.57. The molecular weight excluding hydrogens is 334 g/mol. The van der Waals surface area contributed by atoms with Gasteiger partial charge in [0.05, 0.1) is 0 Å². The van der Waals surface area contributed by atoms with E-state index in [4.69, 9.17) is 4.52 Å². The normalized spacial score (nSPS) is 18.7. The first kappa shape index (κ1) is 20.6. The molecule has 0 unspecified atom stereocenters. The van der Waals surface area contributed by atoms with Gasteiger partial charge in [0.15, 0.2) is 5.82 Å². The minimum Gasteiger partial charge on any atom is -0.396 e. The van der Waals surface area contributed by atoms with Crippen LogP contribution in [0.1, 0.15) is 51.7 Å². The molecule has 0 aliphatic carbocycles. The highest BCUT2D eigenvalue weighted by molar-refractivity contribution is 5.74. The lowest BCUT2D eigenvalue weighted by atomic mass is 10.1. The number of carbonyl (C=O) groups is 1. The Morgan fingerprint density at radius 2 is 2.12 bits per heavy atom. The number of aliphatic hydroxyl groups excluding tert-OH is 1. The molecule has 1 saturated heterocycles. The molecular formula is C18H33N5O3. The van der Waals surface area contributed by atoms with Crippen LogP contribution in [0, 0.1) is 5.92 Å². The largest absolute Gasteiger partial charge is 0.396 e. The molecule has 1 atom stereocenters. The number of amides is 2. The Hall–Kier alpha value is -1.67. The van der Waals surface area contributed by atoms with E-state index in [0.717, 1.165) is 13.1 Å². The van der Waals surface area contributed by atoms with E-state index < -0.39 is 0 Å². The van der Waals surface area contributed by atoms with Gasteiger partial charge >= 0.3 is 6.03 Å². The van der Waals surface area contributed by atoms with Gasteiger partial charge in [0.2, 0.25) is 5.89 Å². The zero-order valence-electron chi connectivity index (χ0n) is 16.4. The minimum absolute atomic E-state index is 0.0651. The van der Waals surface area contributed by atoms with Gasteiger partial charge in [-0.3, -0.25) is 4.90 Å². The third-order valence-corrected chi connectivity index (χ3v) is 4.56. The van der Waals surface area contributed by atoms with Gasteiger partial charge in [0, 0.05) is 57.7 Å².